The summed E-state index contributed by atoms with van der Waals surface area (Å²) < 4.78 is 0.795. The van der Waals surface area contributed by atoms with Crippen molar-refractivity contribution in [3.05, 3.63) is 16.5 Å². The van der Waals surface area contributed by atoms with Gasteiger partial charge in [0.2, 0.25) is 0 Å². The Balaban J connectivity index is 2.08. The molecule has 1 aromatic rings. The van der Waals surface area contributed by atoms with E-state index < -0.39 is 0 Å². The molecule has 2 N–H and O–H groups in total. The van der Waals surface area contributed by atoms with E-state index in [-0.39, 0.29) is 6.61 Å². The first-order chi connectivity index (χ1) is 8.19. The molecule has 0 radical (unpaired) electrons. The lowest BCUT2D eigenvalue weighted by Crippen LogP contribution is -2.34. The van der Waals surface area contributed by atoms with Gasteiger partial charge >= 0.3 is 0 Å². The van der Waals surface area contributed by atoms with E-state index in [4.69, 9.17) is 0 Å². The second-order valence-corrected chi connectivity index (χ2v) is 5.41. The molecule has 0 saturated heterocycles. The van der Waals surface area contributed by atoms with Crippen molar-refractivity contribution in [3.8, 4) is 0 Å². The van der Waals surface area contributed by atoms with Crippen LogP contribution in [-0.4, -0.2) is 27.7 Å². The molecule has 2 atom stereocenters. The molecule has 1 aliphatic carbocycles. The Hall–Kier alpha value is -0.680. The Morgan fingerprint density at radius 3 is 2.88 bits per heavy atom. The van der Waals surface area contributed by atoms with Crippen LogP contribution >= 0.6 is 15.9 Å². The molecule has 0 aliphatic heterocycles. The van der Waals surface area contributed by atoms with Crippen molar-refractivity contribution < 1.29 is 5.11 Å². The molecule has 0 aromatic carbocycles. The molecular weight excluding hydrogens is 282 g/mol. The van der Waals surface area contributed by atoms with Crippen LogP contribution in [0.1, 0.15) is 31.5 Å². The van der Waals surface area contributed by atoms with Crippen LogP contribution in [0.4, 0.5) is 5.82 Å². The lowest BCUT2D eigenvalue weighted by Gasteiger charge is -2.31. The van der Waals surface area contributed by atoms with Crippen LogP contribution in [0.25, 0.3) is 0 Å². The van der Waals surface area contributed by atoms with Gasteiger partial charge < -0.3 is 10.4 Å². The fourth-order valence-corrected chi connectivity index (χ4v) is 2.88. The molecular formula is C12H18BrN3O. The highest BCUT2D eigenvalue weighted by atomic mass is 79.9. The van der Waals surface area contributed by atoms with Gasteiger partial charge in [0.05, 0.1) is 0 Å². The van der Waals surface area contributed by atoms with E-state index in [0.29, 0.717) is 12.0 Å². The van der Waals surface area contributed by atoms with Crippen molar-refractivity contribution in [2.75, 3.05) is 11.9 Å². The van der Waals surface area contributed by atoms with Gasteiger partial charge in [0.15, 0.2) is 0 Å². The lowest BCUT2D eigenvalue weighted by molar-refractivity contribution is 0.178. The van der Waals surface area contributed by atoms with Gasteiger partial charge in [-0.15, -0.1) is 0 Å². The molecule has 17 heavy (non-hydrogen) atoms. The number of hydrogen-bond acceptors (Lipinski definition) is 4. The van der Waals surface area contributed by atoms with E-state index in [2.05, 4.69) is 31.2 Å². The summed E-state index contributed by atoms with van der Waals surface area (Å²) in [4.78, 5) is 8.55. The standard InChI is InChI=1S/C12H18BrN3O/c1-8-14-11(13)6-12(15-8)16-10-5-3-2-4-9(10)7-17/h6,9-10,17H,2-5,7H2,1H3,(H,14,15,16). The van der Waals surface area contributed by atoms with Crippen LogP contribution in [0.15, 0.2) is 10.7 Å². The number of aliphatic hydroxyl groups is 1. The minimum absolute atomic E-state index is 0.253. The number of hydrogen-bond donors (Lipinski definition) is 2. The lowest BCUT2D eigenvalue weighted by atomic mass is 9.85. The maximum absolute atomic E-state index is 9.37. The van der Waals surface area contributed by atoms with Gasteiger partial charge in [-0.25, -0.2) is 9.97 Å². The molecule has 1 aromatic heterocycles. The van der Waals surface area contributed by atoms with Crippen LogP contribution in [0.5, 0.6) is 0 Å². The van der Waals surface area contributed by atoms with Gasteiger partial charge in [0, 0.05) is 24.6 Å². The van der Waals surface area contributed by atoms with Gasteiger partial charge in [0.1, 0.15) is 16.2 Å². The average molecular weight is 300 g/mol. The number of aryl methyl sites for hydroxylation is 1. The highest BCUT2D eigenvalue weighted by Crippen LogP contribution is 2.26. The molecule has 94 valence electrons. The average Bonchev–Trinajstić information content (AvgIpc) is 2.28. The first-order valence-electron chi connectivity index (χ1n) is 6.07. The molecule has 5 heteroatoms. The van der Waals surface area contributed by atoms with Gasteiger partial charge in [-0.05, 0) is 35.7 Å². The fourth-order valence-electron chi connectivity index (χ4n) is 2.41. The summed E-state index contributed by atoms with van der Waals surface area (Å²) in [5.74, 6) is 1.94. The molecule has 1 aliphatic rings. The Bertz CT molecular complexity index is 366. The SMILES string of the molecule is Cc1nc(Br)cc(NC2CCCCC2CO)n1. The normalized spacial score (nSPS) is 24.6. The topological polar surface area (TPSA) is 58.0 Å². The highest BCUT2D eigenvalue weighted by molar-refractivity contribution is 9.10. The molecule has 1 fully saturated rings. The Morgan fingerprint density at radius 1 is 1.41 bits per heavy atom. The third-order valence-corrected chi connectivity index (χ3v) is 3.69. The van der Waals surface area contributed by atoms with E-state index in [9.17, 15) is 5.11 Å². The highest BCUT2D eigenvalue weighted by Gasteiger charge is 2.24. The van der Waals surface area contributed by atoms with Crippen molar-refractivity contribution >= 4 is 21.7 Å². The molecule has 1 heterocycles. The zero-order chi connectivity index (χ0) is 12.3. The first-order valence-corrected chi connectivity index (χ1v) is 6.87. The minimum atomic E-state index is 0.253. The van der Waals surface area contributed by atoms with E-state index in [0.717, 1.165) is 29.1 Å². The third-order valence-electron chi connectivity index (χ3n) is 3.28. The number of aromatic nitrogens is 2. The zero-order valence-electron chi connectivity index (χ0n) is 9.99. The number of aliphatic hydroxyl groups excluding tert-OH is 1. The summed E-state index contributed by atoms with van der Waals surface area (Å²) in [5.41, 5.74) is 0. The van der Waals surface area contributed by atoms with Crippen LogP contribution in [0.3, 0.4) is 0 Å². The summed E-state index contributed by atoms with van der Waals surface area (Å²) in [6, 6.07) is 2.21. The number of nitrogens with one attached hydrogen (secondary N) is 1. The third kappa shape index (κ3) is 3.39. The molecule has 0 spiro atoms. The van der Waals surface area contributed by atoms with Crippen LogP contribution in [0.2, 0.25) is 0 Å². The minimum Gasteiger partial charge on any atom is -0.396 e. The van der Waals surface area contributed by atoms with E-state index >= 15 is 0 Å². The number of halogens is 1. The molecule has 2 rings (SSSR count). The van der Waals surface area contributed by atoms with Gasteiger partial charge in [-0.1, -0.05) is 12.8 Å². The van der Waals surface area contributed by atoms with E-state index in [1.54, 1.807) is 0 Å². The number of rotatable bonds is 3. The fraction of sp³-hybridized carbons (Fsp3) is 0.667. The molecule has 0 amide bonds. The van der Waals surface area contributed by atoms with Crippen molar-refractivity contribution in [2.45, 2.75) is 38.6 Å². The van der Waals surface area contributed by atoms with E-state index in [1.807, 2.05) is 13.0 Å². The quantitative estimate of drug-likeness (QED) is 0.842. The molecule has 1 saturated carbocycles. The van der Waals surface area contributed by atoms with Gasteiger partial charge in [-0.3, -0.25) is 0 Å². The Morgan fingerprint density at radius 2 is 2.18 bits per heavy atom. The molecule has 4 nitrogen and oxygen atoms in total. The smallest absolute Gasteiger partial charge is 0.131 e. The zero-order valence-corrected chi connectivity index (χ0v) is 11.6. The number of nitrogens with zero attached hydrogens (tertiary/aromatic N) is 2. The molecule has 2 unspecified atom stereocenters. The van der Waals surface area contributed by atoms with Crippen molar-refractivity contribution in [1.29, 1.82) is 0 Å². The summed E-state index contributed by atoms with van der Waals surface area (Å²) in [5, 5.41) is 12.8. The van der Waals surface area contributed by atoms with Crippen molar-refractivity contribution in [3.63, 3.8) is 0 Å². The first kappa shape index (κ1) is 12.8. The number of anilines is 1. The maximum atomic E-state index is 9.37. The van der Waals surface area contributed by atoms with Crippen LogP contribution in [-0.2, 0) is 0 Å². The summed E-state index contributed by atoms with van der Waals surface area (Å²) in [6.45, 7) is 2.13. The van der Waals surface area contributed by atoms with Crippen LogP contribution < -0.4 is 5.32 Å². The predicted molar refractivity (Wildman–Crippen MR) is 70.9 cm³/mol. The van der Waals surface area contributed by atoms with Gasteiger partial charge in [-0.2, -0.15) is 0 Å². The second kappa shape index (κ2) is 5.78. The monoisotopic (exact) mass is 299 g/mol. The Labute approximate surface area is 110 Å². The van der Waals surface area contributed by atoms with Crippen molar-refractivity contribution in [1.82, 2.24) is 9.97 Å². The van der Waals surface area contributed by atoms with Gasteiger partial charge in [0.25, 0.3) is 0 Å². The largest absolute Gasteiger partial charge is 0.396 e. The van der Waals surface area contributed by atoms with E-state index in [1.165, 1.54) is 12.8 Å². The molecule has 0 bridgehead atoms. The summed E-state index contributed by atoms with van der Waals surface area (Å²) >= 11 is 3.37. The van der Waals surface area contributed by atoms with Crippen LogP contribution in [0, 0.1) is 12.8 Å². The maximum Gasteiger partial charge on any atom is 0.131 e. The predicted octanol–water partition coefficient (Wildman–Crippen LogP) is 2.51. The summed E-state index contributed by atoms with van der Waals surface area (Å²) in [6.07, 6.45) is 4.64. The second-order valence-electron chi connectivity index (χ2n) is 4.60. The van der Waals surface area contributed by atoms with Crippen molar-refractivity contribution in [2.24, 2.45) is 5.92 Å². The Kier molecular flexibility index (Phi) is 4.34. The summed E-state index contributed by atoms with van der Waals surface area (Å²) in [7, 11) is 0.